The number of aromatic nitrogens is 2. The fraction of sp³-hybridized carbons (Fsp3) is 0.643. The van der Waals surface area contributed by atoms with Crippen LogP contribution in [0.3, 0.4) is 0 Å². The predicted molar refractivity (Wildman–Crippen MR) is 78.2 cm³/mol. The Morgan fingerprint density at radius 3 is 2.75 bits per heavy atom. The van der Waals surface area contributed by atoms with Crippen molar-refractivity contribution >= 4 is 11.7 Å². The molecule has 1 aromatic heterocycles. The smallest absolute Gasteiger partial charge is 0.273 e. The van der Waals surface area contributed by atoms with Crippen LogP contribution in [0.25, 0.3) is 0 Å². The van der Waals surface area contributed by atoms with Crippen molar-refractivity contribution in [3.8, 4) is 0 Å². The summed E-state index contributed by atoms with van der Waals surface area (Å²) in [5, 5.41) is 2.88. The van der Waals surface area contributed by atoms with E-state index in [1.807, 2.05) is 0 Å². The second kappa shape index (κ2) is 6.65. The lowest BCUT2D eigenvalue weighted by Gasteiger charge is -2.34. The first-order valence-corrected chi connectivity index (χ1v) is 7.16. The molecule has 0 bridgehead atoms. The molecule has 6 nitrogen and oxygen atoms in total. The minimum absolute atomic E-state index is 0.171. The van der Waals surface area contributed by atoms with Crippen LogP contribution in [0.2, 0.25) is 0 Å². The highest BCUT2D eigenvalue weighted by atomic mass is 16.1. The largest absolute Gasteiger partial charge is 0.382 e. The normalized spacial score (nSPS) is 18.7. The van der Waals surface area contributed by atoms with Gasteiger partial charge in [0.15, 0.2) is 11.5 Å². The number of rotatable bonds is 4. The highest BCUT2D eigenvalue weighted by molar-refractivity contribution is 5.96. The van der Waals surface area contributed by atoms with Crippen molar-refractivity contribution in [1.29, 1.82) is 0 Å². The van der Waals surface area contributed by atoms with E-state index in [0.29, 0.717) is 12.6 Å². The number of hydrogen-bond acceptors (Lipinski definition) is 5. The van der Waals surface area contributed by atoms with Crippen LogP contribution in [-0.2, 0) is 0 Å². The first-order valence-electron chi connectivity index (χ1n) is 7.16. The molecule has 20 heavy (non-hydrogen) atoms. The van der Waals surface area contributed by atoms with Crippen LogP contribution >= 0.6 is 0 Å². The Labute approximate surface area is 119 Å². The van der Waals surface area contributed by atoms with Gasteiger partial charge in [0, 0.05) is 25.0 Å². The fourth-order valence-electron chi connectivity index (χ4n) is 2.45. The standard InChI is InChI=1S/C14H23N5O/c1-10-3-7-19(8-4-10)11(2)9-18-14(20)12-13(15)17-6-5-16-12/h5-6,10-11H,3-4,7-9H2,1-2H3,(H2,15,17)(H,18,20). The first kappa shape index (κ1) is 14.7. The maximum absolute atomic E-state index is 12.0. The summed E-state index contributed by atoms with van der Waals surface area (Å²) in [5.74, 6) is 0.727. The van der Waals surface area contributed by atoms with Crippen LogP contribution in [0.4, 0.5) is 5.82 Å². The van der Waals surface area contributed by atoms with Gasteiger partial charge in [-0.15, -0.1) is 0 Å². The summed E-state index contributed by atoms with van der Waals surface area (Å²) in [7, 11) is 0. The van der Waals surface area contributed by atoms with E-state index >= 15 is 0 Å². The van der Waals surface area contributed by atoms with Crippen molar-refractivity contribution < 1.29 is 4.79 Å². The number of piperidine rings is 1. The Balaban J connectivity index is 1.83. The van der Waals surface area contributed by atoms with E-state index < -0.39 is 0 Å². The zero-order valence-corrected chi connectivity index (χ0v) is 12.2. The molecule has 3 N–H and O–H groups in total. The van der Waals surface area contributed by atoms with Gasteiger partial charge in [-0.2, -0.15) is 0 Å². The maximum Gasteiger partial charge on any atom is 0.273 e. The van der Waals surface area contributed by atoms with E-state index in [0.717, 1.165) is 19.0 Å². The number of nitrogen functional groups attached to an aromatic ring is 1. The minimum atomic E-state index is -0.257. The molecule has 0 aliphatic carbocycles. The predicted octanol–water partition coefficient (Wildman–Crippen LogP) is 0.909. The second-order valence-electron chi connectivity index (χ2n) is 5.57. The van der Waals surface area contributed by atoms with Crippen LogP contribution in [0.15, 0.2) is 12.4 Å². The third-order valence-electron chi connectivity index (χ3n) is 3.94. The summed E-state index contributed by atoms with van der Waals surface area (Å²) in [6, 6.07) is 0.323. The first-order chi connectivity index (χ1) is 9.58. The summed E-state index contributed by atoms with van der Waals surface area (Å²) in [5.41, 5.74) is 5.84. The summed E-state index contributed by atoms with van der Waals surface area (Å²) < 4.78 is 0. The molecule has 1 atom stereocenters. The van der Waals surface area contributed by atoms with Crippen molar-refractivity contribution in [3.63, 3.8) is 0 Å². The highest BCUT2D eigenvalue weighted by Gasteiger charge is 2.21. The number of likely N-dealkylation sites (tertiary alicyclic amines) is 1. The van der Waals surface area contributed by atoms with Crippen molar-refractivity contribution in [2.24, 2.45) is 5.92 Å². The van der Waals surface area contributed by atoms with Gasteiger partial charge in [0.25, 0.3) is 5.91 Å². The number of amides is 1. The van der Waals surface area contributed by atoms with Gasteiger partial charge in [-0.1, -0.05) is 6.92 Å². The highest BCUT2D eigenvalue weighted by Crippen LogP contribution is 2.17. The van der Waals surface area contributed by atoms with Crippen LogP contribution in [-0.4, -0.2) is 46.5 Å². The molecule has 110 valence electrons. The summed E-state index contributed by atoms with van der Waals surface area (Å²) >= 11 is 0. The lowest BCUT2D eigenvalue weighted by Crippen LogP contribution is -2.45. The molecular formula is C14H23N5O. The molecule has 2 heterocycles. The molecule has 1 unspecified atom stereocenters. The van der Waals surface area contributed by atoms with Crippen LogP contribution in [0, 0.1) is 5.92 Å². The minimum Gasteiger partial charge on any atom is -0.382 e. The molecule has 1 aromatic rings. The van der Waals surface area contributed by atoms with Gasteiger partial charge in [0.2, 0.25) is 0 Å². The molecule has 6 heteroatoms. The number of nitrogens with zero attached hydrogens (tertiary/aromatic N) is 3. The van der Waals surface area contributed by atoms with Crippen LogP contribution in [0.1, 0.15) is 37.2 Å². The zero-order chi connectivity index (χ0) is 14.5. The topological polar surface area (TPSA) is 84.1 Å². The molecule has 0 aromatic carbocycles. The Bertz CT molecular complexity index is 457. The van der Waals surface area contributed by atoms with Crippen molar-refractivity contribution in [2.45, 2.75) is 32.7 Å². The number of anilines is 1. The van der Waals surface area contributed by atoms with Gasteiger partial charge in [-0.05, 0) is 38.8 Å². The van der Waals surface area contributed by atoms with Gasteiger partial charge >= 0.3 is 0 Å². The Morgan fingerprint density at radius 1 is 1.45 bits per heavy atom. The molecule has 1 fully saturated rings. The number of nitrogens with one attached hydrogen (secondary N) is 1. The van der Waals surface area contributed by atoms with Crippen molar-refractivity contribution in [3.05, 3.63) is 18.1 Å². The second-order valence-corrected chi connectivity index (χ2v) is 5.57. The molecule has 0 saturated carbocycles. The summed E-state index contributed by atoms with van der Waals surface area (Å²) in [4.78, 5) is 22.2. The van der Waals surface area contributed by atoms with Crippen molar-refractivity contribution in [2.75, 3.05) is 25.4 Å². The van der Waals surface area contributed by atoms with Gasteiger partial charge in [-0.25, -0.2) is 9.97 Å². The molecule has 1 saturated heterocycles. The zero-order valence-electron chi connectivity index (χ0n) is 12.2. The quantitative estimate of drug-likeness (QED) is 0.854. The molecule has 0 spiro atoms. The third kappa shape index (κ3) is 3.66. The van der Waals surface area contributed by atoms with Crippen molar-refractivity contribution in [1.82, 2.24) is 20.2 Å². The van der Waals surface area contributed by atoms with Gasteiger partial charge in [0.1, 0.15) is 0 Å². The van der Waals surface area contributed by atoms with Crippen LogP contribution < -0.4 is 11.1 Å². The lowest BCUT2D eigenvalue weighted by molar-refractivity contribution is 0.0917. The van der Waals surface area contributed by atoms with E-state index in [1.165, 1.54) is 25.2 Å². The van der Waals surface area contributed by atoms with E-state index in [1.54, 1.807) is 0 Å². The lowest BCUT2D eigenvalue weighted by atomic mass is 9.98. The summed E-state index contributed by atoms with van der Waals surface area (Å²) in [6.45, 7) is 7.23. The fourth-order valence-corrected chi connectivity index (χ4v) is 2.45. The van der Waals surface area contributed by atoms with Gasteiger partial charge in [0.05, 0.1) is 0 Å². The van der Waals surface area contributed by atoms with E-state index in [-0.39, 0.29) is 17.4 Å². The number of carbonyl (C=O) groups is 1. The van der Waals surface area contributed by atoms with Gasteiger partial charge < -0.3 is 11.1 Å². The average Bonchev–Trinajstić information content (AvgIpc) is 2.45. The molecule has 1 aliphatic rings. The van der Waals surface area contributed by atoms with E-state index in [4.69, 9.17) is 5.73 Å². The third-order valence-corrected chi connectivity index (χ3v) is 3.94. The molecule has 1 amide bonds. The Hall–Kier alpha value is -1.69. The maximum atomic E-state index is 12.0. The van der Waals surface area contributed by atoms with Crippen LogP contribution in [0.5, 0.6) is 0 Å². The number of nitrogens with two attached hydrogens (primary N) is 1. The summed E-state index contributed by atoms with van der Waals surface area (Å²) in [6.07, 6.45) is 5.41. The SMILES string of the molecule is CC1CCN(C(C)CNC(=O)c2nccnc2N)CC1. The molecule has 2 rings (SSSR count). The Morgan fingerprint density at radius 2 is 2.10 bits per heavy atom. The molecule has 1 aliphatic heterocycles. The number of hydrogen-bond donors (Lipinski definition) is 2. The molecule has 0 radical (unpaired) electrons. The van der Waals surface area contributed by atoms with E-state index in [9.17, 15) is 4.79 Å². The number of carbonyl (C=O) groups excluding carboxylic acids is 1. The Kier molecular flexibility index (Phi) is 4.89. The van der Waals surface area contributed by atoms with Gasteiger partial charge in [-0.3, -0.25) is 9.69 Å². The monoisotopic (exact) mass is 277 g/mol. The molecular weight excluding hydrogens is 254 g/mol. The average molecular weight is 277 g/mol. The van der Waals surface area contributed by atoms with E-state index in [2.05, 4.69) is 34.0 Å².